The number of rotatable bonds is 2. The maximum atomic E-state index is 13.3. The monoisotopic (exact) mass is 289 g/mol. The van der Waals surface area contributed by atoms with E-state index in [4.69, 9.17) is 17.0 Å². The number of aromatic nitrogens is 3. The molecule has 2 heterocycles. The SMILES string of the molecule is COc1cc(F)ccc1-n1c(=S)[nH]c2cc(C)cnc21. The molecule has 3 rings (SSSR count). The molecule has 6 heteroatoms. The molecule has 0 saturated heterocycles. The van der Waals surface area contributed by atoms with E-state index in [2.05, 4.69) is 9.97 Å². The number of benzene rings is 1. The smallest absolute Gasteiger partial charge is 0.184 e. The van der Waals surface area contributed by atoms with E-state index in [1.165, 1.54) is 19.2 Å². The van der Waals surface area contributed by atoms with Crippen LogP contribution in [0.4, 0.5) is 4.39 Å². The van der Waals surface area contributed by atoms with Crippen LogP contribution in [0.2, 0.25) is 0 Å². The Kier molecular flexibility index (Phi) is 3.02. The number of hydrogen-bond donors (Lipinski definition) is 1. The van der Waals surface area contributed by atoms with Gasteiger partial charge in [-0.3, -0.25) is 4.57 Å². The van der Waals surface area contributed by atoms with Crippen molar-refractivity contribution in [2.75, 3.05) is 7.11 Å². The maximum absolute atomic E-state index is 13.3. The molecule has 0 atom stereocenters. The second kappa shape index (κ2) is 4.72. The van der Waals surface area contributed by atoms with E-state index in [9.17, 15) is 4.39 Å². The molecular formula is C14H12FN3OS. The summed E-state index contributed by atoms with van der Waals surface area (Å²) < 4.78 is 20.8. The van der Waals surface area contributed by atoms with E-state index >= 15 is 0 Å². The normalized spacial score (nSPS) is 10.9. The van der Waals surface area contributed by atoms with Gasteiger partial charge in [0.2, 0.25) is 0 Å². The van der Waals surface area contributed by atoms with Crippen LogP contribution in [0.5, 0.6) is 5.75 Å². The number of halogens is 1. The molecule has 1 aromatic carbocycles. The van der Waals surface area contributed by atoms with Crippen molar-refractivity contribution < 1.29 is 9.13 Å². The average Bonchev–Trinajstić information content (AvgIpc) is 2.73. The molecule has 0 bridgehead atoms. The fourth-order valence-electron chi connectivity index (χ4n) is 2.16. The lowest BCUT2D eigenvalue weighted by Gasteiger charge is -2.09. The number of aromatic amines is 1. The maximum Gasteiger partial charge on any atom is 0.184 e. The van der Waals surface area contributed by atoms with Crippen molar-refractivity contribution >= 4 is 23.4 Å². The first kappa shape index (κ1) is 12.8. The zero-order chi connectivity index (χ0) is 14.3. The predicted molar refractivity (Wildman–Crippen MR) is 77.5 cm³/mol. The highest BCUT2D eigenvalue weighted by molar-refractivity contribution is 7.71. The van der Waals surface area contributed by atoms with E-state index in [1.54, 1.807) is 16.8 Å². The molecule has 0 aliphatic heterocycles. The van der Waals surface area contributed by atoms with Crippen LogP contribution in [-0.4, -0.2) is 21.6 Å². The lowest BCUT2D eigenvalue weighted by atomic mass is 10.2. The summed E-state index contributed by atoms with van der Waals surface area (Å²) in [6, 6.07) is 6.28. The van der Waals surface area contributed by atoms with E-state index in [-0.39, 0.29) is 5.82 Å². The van der Waals surface area contributed by atoms with Crippen LogP contribution >= 0.6 is 12.2 Å². The number of ether oxygens (including phenoxy) is 1. The van der Waals surface area contributed by atoms with Crippen molar-refractivity contribution in [2.24, 2.45) is 0 Å². The first-order chi connectivity index (χ1) is 9.60. The fraction of sp³-hybridized carbons (Fsp3) is 0.143. The number of hydrogen-bond acceptors (Lipinski definition) is 3. The van der Waals surface area contributed by atoms with Gasteiger partial charge in [-0.1, -0.05) is 0 Å². The second-order valence-electron chi connectivity index (χ2n) is 4.47. The molecule has 0 spiro atoms. The molecule has 4 nitrogen and oxygen atoms in total. The Bertz CT molecular complexity index is 853. The molecule has 0 radical (unpaired) electrons. The highest BCUT2D eigenvalue weighted by Crippen LogP contribution is 2.27. The number of aryl methyl sites for hydroxylation is 1. The van der Waals surface area contributed by atoms with Crippen molar-refractivity contribution in [3.8, 4) is 11.4 Å². The number of imidazole rings is 1. The summed E-state index contributed by atoms with van der Waals surface area (Å²) in [5.41, 5.74) is 3.21. The molecule has 0 unspecified atom stereocenters. The first-order valence-corrected chi connectivity index (χ1v) is 6.42. The molecule has 0 aliphatic rings. The highest BCUT2D eigenvalue weighted by Gasteiger charge is 2.13. The lowest BCUT2D eigenvalue weighted by Crippen LogP contribution is -1.99. The summed E-state index contributed by atoms with van der Waals surface area (Å²) >= 11 is 5.34. The van der Waals surface area contributed by atoms with Crippen molar-refractivity contribution in [3.05, 3.63) is 46.6 Å². The van der Waals surface area contributed by atoms with Crippen LogP contribution in [0.1, 0.15) is 5.56 Å². The predicted octanol–water partition coefficient (Wildman–Crippen LogP) is 3.54. The van der Waals surface area contributed by atoms with Gasteiger partial charge in [0, 0.05) is 12.3 Å². The molecule has 102 valence electrons. The van der Waals surface area contributed by atoms with Crippen LogP contribution in [0.15, 0.2) is 30.5 Å². The Morgan fingerprint density at radius 2 is 2.15 bits per heavy atom. The quantitative estimate of drug-likeness (QED) is 0.734. The van der Waals surface area contributed by atoms with Crippen molar-refractivity contribution in [1.82, 2.24) is 14.5 Å². The Morgan fingerprint density at radius 1 is 1.35 bits per heavy atom. The molecule has 0 saturated carbocycles. The molecule has 2 aromatic heterocycles. The minimum atomic E-state index is -0.360. The van der Waals surface area contributed by atoms with Gasteiger partial charge in [0.1, 0.15) is 11.6 Å². The largest absolute Gasteiger partial charge is 0.494 e. The molecule has 0 fully saturated rings. The standard InChI is InChI=1S/C14H12FN3OS/c1-8-5-10-13(16-7-8)18(14(20)17-10)11-4-3-9(15)6-12(11)19-2/h3-7H,1-2H3,(H,17,20). The van der Waals surface area contributed by atoms with E-state index < -0.39 is 0 Å². The van der Waals surface area contributed by atoms with Crippen LogP contribution in [0.25, 0.3) is 16.9 Å². The molecule has 20 heavy (non-hydrogen) atoms. The third-order valence-corrected chi connectivity index (χ3v) is 3.33. The summed E-state index contributed by atoms with van der Waals surface area (Å²) in [7, 11) is 1.49. The van der Waals surface area contributed by atoms with Gasteiger partial charge in [-0.25, -0.2) is 9.37 Å². The van der Waals surface area contributed by atoms with Crippen LogP contribution in [0, 0.1) is 17.5 Å². The number of fused-ring (bicyclic) bond motifs is 1. The zero-order valence-electron chi connectivity index (χ0n) is 11.0. The third kappa shape index (κ3) is 1.98. The van der Waals surface area contributed by atoms with Crippen LogP contribution < -0.4 is 4.74 Å². The van der Waals surface area contributed by atoms with Crippen LogP contribution in [-0.2, 0) is 0 Å². The number of pyridine rings is 1. The summed E-state index contributed by atoms with van der Waals surface area (Å²) in [6.45, 7) is 1.96. The van der Waals surface area contributed by atoms with E-state index in [0.717, 1.165) is 11.1 Å². The Labute approximate surface area is 119 Å². The average molecular weight is 289 g/mol. The highest BCUT2D eigenvalue weighted by atomic mass is 32.1. The number of methoxy groups -OCH3 is 1. The fourth-order valence-corrected chi connectivity index (χ4v) is 2.45. The minimum Gasteiger partial charge on any atom is -0.494 e. The van der Waals surface area contributed by atoms with Gasteiger partial charge in [0.15, 0.2) is 10.4 Å². The van der Waals surface area contributed by atoms with Crippen LogP contribution in [0.3, 0.4) is 0 Å². The molecule has 3 aromatic rings. The summed E-state index contributed by atoms with van der Waals surface area (Å²) in [5, 5.41) is 0. The van der Waals surface area contributed by atoms with Crippen molar-refractivity contribution in [1.29, 1.82) is 0 Å². The zero-order valence-corrected chi connectivity index (χ0v) is 11.8. The van der Waals surface area contributed by atoms with E-state index in [1.807, 2.05) is 13.0 Å². The molecule has 1 N–H and O–H groups in total. The second-order valence-corrected chi connectivity index (χ2v) is 4.85. The summed E-state index contributed by atoms with van der Waals surface area (Å²) in [5.74, 6) is 0.0464. The van der Waals surface area contributed by atoms with Gasteiger partial charge in [-0.15, -0.1) is 0 Å². The molecule has 0 amide bonds. The van der Waals surface area contributed by atoms with Crippen molar-refractivity contribution in [2.45, 2.75) is 6.92 Å². The Morgan fingerprint density at radius 3 is 2.90 bits per heavy atom. The van der Waals surface area contributed by atoms with Crippen molar-refractivity contribution in [3.63, 3.8) is 0 Å². The number of nitrogens with zero attached hydrogens (tertiary/aromatic N) is 2. The number of nitrogens with one attached hydrogen (secondary N) is 1. The van der Waals surface area contributed by atoms with Gasteiger partial charge in [0.05, 0.1) is 18.3 Å². The first-order valence-electron chi connectivity index (χ1n) is 6.01. The summed E-state index contributed by atoms with van der Waals surface area (Å²) in [4.78, 5) is 7.49. The lowest BCUT2D eigenvalue weighted by molar-refractivity contribution is 0.409. The van der Waals surface area contributed by atoms with Gasteiger partial charge in [-0.05, 0) is 42.9 Å². The Hall–Kier alpha value is -2.21. The van der Waals surface area contributed by atoms with Gasteiger partial charge < -0.3 is 9.72 Å². The minimum absolute atomic E-state index is 0.360. The van der Waals surface area contributed by atoms with E-state index in [0.29, 0.717) is 21.9 Å². The number of H-pyrrole nitrogens is 1. The van der Waals surface area contributed by atoms with Gasteiger partial charge >= 0.3 is 0 Å². The topological polar surface area (TPSA) is 42.8 Å². The summed E-state index contributed by atoms with van der Waals surface area (Å²) in [6.07, 6.45) is 1.76. The Balaban J connectivity index is 2.35. The molecular weight excluding hydrogens is 277 g/mol. The van der Waals surface area contributed by atoms with Gasteiger partial charge in [-0.2, -0.15) is 0 Å². The molecule has 0 aliphatic carbocycles. The third-order valence-electron chi connectivity index (χ3n) is 3.04. The van der Waals surface area contributed by atoms with Gasteiger partial charge in [0.25, 0.3) is 0 Å².